The van der Waals surface area contributed by atoms with E-state index >= 15 is 0 Å². The molecule has 96 valence electrons. The summed E-state index contributed by atoms with van der Waals surface area (Å²) in [6, 6.07) is 3.85. The Kier molecular flexibility index (Phi) is 3.26. The smallest absolute Gasteiger partial charge is 0.282 e. The molecule has 1 amide bonds. The maximum atomic E-state index is 11.6. The van der Waals surface area contributed by atoms with E-state index in [1.807, 2.05) is 0 Å². The zero-order chi connectivity index (χ0) is 13.5. The van der Waals surface area contributed by atoms with Crippen LogP contribution in [0.4, 0.5) is 5.69 Å². The standard InChI is InChI=1S/C10H9BrN2O4S/c1-6-4-10(14)13(12-6)9-3-2-7(5-8(9)11)18(15,16)17/h2-3,5H,4H2,1H3,(H,15,16,17). The fourth-order valence-electron chi connectivity index (χ4n) is 1.56. The third-order valence-electron chi connectivity index (χ3n) is 2.36. The van der Waals surface area contributed by atoms with Crippen LogP contribution in [0.3, 0.4) is 0 Å². The third-order valence-corrected chi connectivity index (χ3v) is 3.84. The van der Waals surface area contributed by atoms with E-state index in [1.54, 1.807) is 6.92 Å². The zero-order valence-corrected chi connectivity index (χ0v) is 11.7. The lowest BCUT2D eigenvalue weighted by molar-refractivity contribution is -0.116. The van der Waals surface area contributed by atoms with Crippen molar-refractivity contribution in [1.29, 1.82) is 0 Å². The number of hydrogen-bond donors (Lipinski definition) is 1. The van der Waals surface area contributed by atoms with Gasteiger partial charge in [0.25, 0.3) is 16.0 Å². The molecule has 0 radical (unpaired) electrons. The Morgan fingerprint density at radius 3 is 2.56 bits per heavy atom. The number of carbonyl (C=O) groups excluding carboxylic acids is 1. The largest absolute Gasteiger partial charge is 0.294 e. The number of halogens is 1. The first-order valence-electron chi connectivity index (χ1n) is 4.93. The van der Waals surface area contributed by atoms with E-state index in [4.69, 9.17) is 4.55 Å². The molecule has 1 aromatic rings. The highest BCUT2D eigenvalue weighted by atomic mass is 79.9. The Morgan fingerprint density at radius 2 is 2.11 bits per heavy atom. The molecule has 2 rings (SSSR count). The van der Waals surface area contributed by atoms with E-state index in [1.165, 1.54) is 23.2 Å². The normalized spacial score (nSPS) is 16.1. The van der Waals surface area contributed by atoms with Crippen molar-refractivity contribution in [2.45, 2.75) is 18.2 Å². The average Bonchev–Trinajstić information content (AvgIpc) is 2.56. The van der Waals surface area contributed by atoms with E-state index in [0.29, 0.717) is 15.9 Å². The molecule has 0 saturated heterocycles. The number of anilines is 1. The first-order chi connectivity index (χ1) is 8.29. The first-order valence-corrected chi connectivity index (χ1v) is 7.16. The quantitative estimate of drug-likeness (QED) is 0.836. The minimum atomic E-state index is -4.26. The predicted molar refractivity (Wildman–Crippen MR) is 69.2 cm³/mol. The first kappa shape index (κ1) is 13.2. The summed E-state index contributed by atoms with van der Waals surface area (Å²) in [6.07, 6.45) is 0.243. The molecule has 6 nitrogen and oxygen atoms in total. The average molecular weight is 333 g/mol. The second-order valence-corrected chi connectivity index (χ2v) is 6.08. The van der Waals surface area contributed by atoms with E-state index in [-0.39, 0.29) is 17.2 Å². The van der Waals surface area contributed by atoms with E-state index in [2.05, 4.69) is 21.0 Å². The molecule has 1 heterocycles. The Morgan fingerprint density at radius 1 is 1.44 bits per heavy atom. The summed E-state index contributed by atoms with van der Waals surface area (Å²) < 4.78 is 31.2. The summed E-state index contributed by atoms with van der Waals surface area (Å²) in [4.78, 5) is 11.4. The van der Waals surface area contributed by atoms with Crippen LogP contribution in [-0.4, -0.2) is 24.6 Å². The summed E-state index contributed by atoms with van der Waals surface area (Å²) in [6.45, 7) is 1.73. The van der Waals surface area contributed by atoms with Gasteiger partial charge in [-0.3, -0.25) is 9.35 Å². The number of hydrogen-bond acceptors (Lipinski definition) is 4. The van der Waals surface area contributed by atoms with Crippen molar-refractivity contribution in [3.63, 3.8) is 0 Å². The number of nitrogens with zero attached hydrogens (tertiary/aromatic N) is 2. The van der Waals surface area contributed by atoms with Crippen LogP contribution in [0, 0.1) is 0 Å². The van der Waals surface area contributed by atoms with Crippen molar-refractivity contribution in [2.75, 3.05) is 5.01 Å². The molecule has 0 unspecified atom stereocenters. The van der Waals surface area contributed by atoms with E-state index in [0.717, 1.165) is 0 Å². The van der Waals surface area contributed by atoms with Gasteiger partial charge in [-0.1, -0.05) is 0 Å². The second-order valence-electron chi connectivity index (χ2n) is 3.81. The second kappa shape index (κ2) is 4.45. The monoisotopic (exact) mass is 332 g/mol. The molecular weight excluding hydrogens is 324 g/mol. The molecular formula is C10H9BrN2O4S. The maximum Gasteiger partial charge on any atom is 0.294 e. The van der Waals surface area contributed by atoms with Crippen molar-refractivity contribution in [1.82, 2.24) is 0 Å². The highest BCUT2D eigenvalue weighted by molar-refractivity contribution is 9.10. The number of rotatable bonds is 2. The molecule has 0 aromatic heterocycles. The molecule has 0 atom stereocenters. The molecule has 1 aliphatic heterocycles. The summed E-state index contributed by atoms with van der Waals surface area (Å²) in [5.41, 5.74) is 1.12. The molecule has 0 saturated carbocycles. The summed E-state index contributed by atoms with van der Waals surface area (Å²) in [5.74, 6) is -0.187. The molecule has 0 spiro atoms. The Hall–Kier alpha value is -1.25. The van der Waals surface area contributed by atoms with Gasteiger partial charge in [0.05, 0.1) is 17.0 Å². The Bertz CT molecular complexity index is 654. The van der Waals surface area contributed by atoms with Gasteiger partial charge in [-0.2, -0.15) is 18.5 Å². The van der Waals surface area contributed by atoms with Crippen molar-refractivity contribution in [2.24, 2.45) is 5.10 Å². The highest BCUT2D eigenvalue weighted by Gasteiger charge is 2.25. The molecule has 0 bridgehead atoms. The molecule has 18 heavy (non-hydrogen) atoms. The molecule has 0 fully saturated rings. The highest BCUT2D eigenvalue weighted by Crippen LogP contribution is 2.31. The molecule has 1 aromatic carbocycles. The molecule has 1 aliphatic rings. The predicted octanol–water partition coefficient (Wildman–Crippen LogP) is 1.81. The maximum absolute atomic E-state index is 11.6. The van der Waals surface area contributed by atoms with Crippen LogP contribution in [0.2, 0.25) is 0 Å². The number of amides is 1. The van der Waals surface area contributed by atoms with E-state index < -0.39 is 10.1 Å². The van der Waals surface area contributed by atoms with Crippen LogP contribution < -0.4 is 5.01 Å². The lowest BCUT2D eigenvalue weighted by Crippen LogP contribution is -2.20. The van der Waals surface area contributed by atoms with Gasteiger partial charge in [0.15, 0.2) is 0 Å². The summed E-state index contributed by atoms with van der Waals surface area (Å²) >= 11 is 3.16. The van der Waals surface area contributed by atoms with Gasteiger partial charge in [0.1, 0.15) is 0 Å². The molecule has 8 heteroatoms. The minimum absolute atomic E-state index is 0.187. The van der Waals surface area contributed by atoms with Gasteiger partial charge in [-0.15, -0.1) is 0 Å². The topological polar surface area (TPSA) is 87.0 Å². The van der Waals surface area contributed by atoms with Crippen LogP contribution in [0.5, 0.6) is 0 Å². The van der Waals surface area contributed by atoms with Crippen LogP contribution in [0.15, 0.2) is 32.7 Å². The third kappa shape index (κ3) is 2.45. The van der Waals surface area contributed by atoms with Crippen molar-refractivity contribution in [3.05, 3.63) is 22.7 Å². The lowest BCUT2D eigenvalue weighted by Gasteiger charge is -2.14. The lowest BCUT2D eigenvalue weighted by atomic mass is 10.3. The summed E-state index contributed by atoms with van der Waals surface area (Å²) in [7, 11) is -4.26. The van der Waals surface area contributed by atoms with Crippen LogP contribution in [0.1, 0.15) is 13.3 Å². The van der Waals surface area contributed by atoms with Crippen LogP contribution in [-0.2, 0) is 14.9 Å². The fourth-order valence-corrected chi connectivity index (χ4v) is 2.77. The van der Waals surface area contributed by atoms with Gasteiger partial charge < -0.3 is 0 Å². The molecule has 0 aliphatic carbocycles. The van der Waals surface area contributed by atoms with Crippen molar-refractivity contribution in [3.8, 4) is 0 Å². The van der Waals surface area contributed by atoms with Crippen molar-refractivity contribution < 1.29 is 17.8 Å². The van der Waals surface area contributed by atoms with Gasteiger partial charge >= 0.3 is 0 Å². The fraction of sp³-hybridized carbons (Fsp3) is 0.200. The van der Waals surface area contributed by atoms with Gasteiger partial charge in [0.2, 0.25) is 0 Å². The van der Waals surface area contributed by atoms with Crippen molar-refractivity contribution >= 4 is 43.4 Å². The number of hydrazone groups is 1. The van der Waals surface area contributed by atoms with E-state index in [9.17, 15) is 13.2 Å². The SMILES string of the molecule is CC1=NN(c2ccc(S(=O)(=O)O)cc2Br)C(=O)C1. The van der Waals surface area contributed by atoms with Gasteiger partial charge in [-0.25, -0.2) is 0 Å². The number of benzene rings is 1. The molecule has 1 N–H and O–H groups in total. The van der Waals surface area contributed by atoms with Gasteiger partial charge in [0, 0.05) is 10.2 Å². The number of carbonyl (C=O) groups is 1. The Balaban J connectivity index is 2.46. The zero-order valence-electron chi connectivity index (χ0n) is 9.29. The summed E-state index contributed by atoms with van der Waals surface area (Å²) in [5, 5.41) is 5.25. The van der Waals surface area contributed by atoms with Crippen LogP contribution in [0.25, 0.3) is 0 Å². The Labute approximate surface area is 112 Å². The minimum Gasteiger partial charge on any atom is -0.282 e. The van der Waals surface area contributed by atoms with Gasteiger partial charge in [-0.05, 0) is 41.1 Å². The van der Waals surface area contributed by atoms with Crippen LogP contribution >= 0.6 is 15.9 Å².